The number of amides is 4. The fourth-order valence-electron chi connectivity index (χ4n) is 7.90. The summed E-state index contributed by atoms with van der Waals surface area (Å²) in [5.74, 6) is -2.21. The van der Waals surface area contributed by atoms with Crippen molar-refractivity contribution in [2.75, 3.05) is 33.5 Å². The molecular weight excluding hydrogens is 738 g/mol. The first-order chi connectivity index (χ1) is 26.3. The highest BCUT2D eigenvalue weighted by molar-refractivity contribution is 7.91. The Morgan fingerprint density at radius 2 is 1.85 bits per heavy atom. The fraction of sp³-hybridized carbons (Fsp3) is 0.605. The molecule has 2 saturated heterocycles. The normalized spacial score (nSPS) is 30.7. The molecule has 3 aliphatic heterocycles. The van der Waals surface area contributed by atoms with Crippen LogP contribution in [-0.4, -0.2) is 110 Å². The average Bonchev–Trinajstić information content (AvgIpc) is 4.05. The molecule has 7 atom stereocenters. The van der Waals surface area contributed by atoms with Crippen molar-refractivity contribution in [1.29, 1.82) is 0 Å². The summed E-state index contributed by atoms with van der Waals surface area (Å²) in [6.45, 7) is 3.21. The first kappa shape index (κ1) is 38.8. The minimum absolute atomic E-state index is 0.0115. The maximum absolute atomic E-state index is 14.7. The zero-order valence-electron chi connectivity index (χ0n) is 31.1. The third-order valence-electron chi connectivity index (χ3n) is 11.6. The summed E-state index contributed by atoms with van der Waals surface area (Å²) in [6, 6.07) is 5.07. The largest absolute Gasteiger partial charge is 0.494 e. The molecule has 55 heavy (non-hydrogen) atoms. The van der Waals surface area contributed by atoms with E-state index in [1.54, 1.807) is 6.08 Å². The number of hydrogen-bond donors (Lipinski definition) is 3. The minimum Gasteiger partial charge on any atom is -0.494 e. The van der Waals surface area contributed by atoms with E-state index in [0.717, 1.165) is 11.8 Å². The van der Waals surface area contributed by atoms with Crippen molar-refractivity contribution in [3.8, 4) is 11.6 Å². The van der Waals surface area contributed by atoms with Gasteiger partial charge in [-0.3, -0.25) is 19.1 Å². The number of nitrogens with zero attached hydrogens (tertiary/aromatic N) is 2. The Kier molecular flexibility index (Phi) is 10.7. The molecule has 4 heterocycles. The average molecular weight is 786 g/mol. The van der Waals surface area contributed by atoms with Crippen LogP contribution in [0.3, 0.4) is 0 Å². The quantitative estimate of drug-likeness (QED) is 0.317. The van der Waals surface area contributed by atoms with Crippen LogP contribution < -0.4 is 24.8 Å². The summed E-state index contributed by atoms with van der Waals surface area (Å²) in [4.78, 5) is 62.0. The van der Waals surface area contributed by atoms with E-state index in [0.29, 0.717) is 24.0 Å². The van der Waals surface area contributed by atoms with Gasteiger partial charge in [-0.15, -0.1) is 0 Å². The van der Waals surface area contributed by atoms with Gasteiger partial charge in [-0.2, -0.15) is 0 Å². The van der Waals surface area contributed by atoms with Crippen molar-refractivity contribution in [2.45, 2.75) is 93.4 Å². The number of allylic oxidation sites excluding steroid dienone is 1. The summed E-state index contributed by atoms with van der Waals surface area (Å²) in [6.07, 6.45) is 5.43. The van der Waals surface area contributed by atoms with Crippen LogP contribution in [0.25, 0.3) is 10.8 Å². The van der Waals surface area contributed by atoms with Crippen molar-refractivity contribution in [3.05, 3.63) is 42.6 Å². The predicted octanol–water partition coefficient (Wildman–Crippen LogP) is 2.92. The van der Waals surface area contributed by atoms with E-state index in [1.807, 2.05) is 44.2 Å². The molecular formula is C38H48FN5O10S. The highest BCUT2D eigenvalue weighted by atomic mass is 32.2. The molecule has 2 aliphatic carbocycles. The van der Waals surface area contributed by atoms with Crippen LogP contribution in [0.2, 0.25) is 0 Å². The van der Waals surface area contributed by atoms with E-state index in [4.69, 9.17) is 18.9 Å². The topological polar surface area (TPSA) is 192 Å². The van der Waals surface area contributed by atoms with Crippen LogP contribution in [0, 0.1) is 17.8 Å². The smallest absolute Gasteiger partial charge is 0.408 e. The molecule has 0 radical (unpaired) electrons. The molecule has 5 aliphatic rings. The number of hydrogen-bond acceptors (Lipinski definition) is 11. The van der Waals surface area contributed by atoms with E-state index in [-0.39, 0.29) is 63.2 Å². The van der Waals surface area contributed by atoms with Gasteiger partial charge >= 0.3 is 6.09 Å². The fourth-order valence-corrected chi connectivity index (χ4v) is 9.33. The first-order valence-corrected chi connectivity index (χ1v) is 20.3. The summed E-state index contributed by atoms with van der Waals surface area (Å²) in [5.41, 5.74) is -1.65. The van der Waals surface area contributed by atoms with Gasteiger partial charge in [0.2, 0.25) is 27.7 Å². The molecule has 17 heteroatoms. The number of rotatable bonds is 9. The van der Waals surface area contributed by atoms with E-state index in [1.165, 1.54) is 18.2 Å². The highest BCUT2D eigenvalue weighted by Crippen LogP contribution is 2.48. The molecule has 298 valence electrons. The van der Waals surface area contributed by atoms with E-state index >= 15 is 0 Å². The van der Waals surface area contributed by atoms with Crippen LogP contribution in [0.4, 0.5) is 9.18 Å². The second kappa shape index (κ2) is 15.2. The molecule has 4 fully saturated rings. The number of nitrogens with one attached hydrogen (secondary N) is 3. The molecule has 1 aromatic heterocycles. The number of sulfonamides is 1. The van der Waals surface area contributed by atoms with E-state index in [9.17, 15) is 32.0 Å². The number of aromatic nitrogens is 1. The summed E-state index contributed by atoms with van der Waals surface area (Å²) >= 11 is 0. The zero-order valence-corrected chi connectivity index (χ0v) is 31.9. The summed E-state index contributed by atoms with van der Waals surface area (Å²) in [7, 11) is -2.85. The Labute approximate surface area is 319 Å². The maximum Gasteiger partial charge on any atom is 0.408 e. The van der Waals surface area contributed by atoms with Crippen LogP contribution in [0.5, 0.6) is 11.6 Å². The zero-order chi connectivity index (χ0) is 39.1. The number of halogens is 1. The number of methoxy groups -OCH3 is 1. The molecule has 4 amide bonds. The minimum atomic E-state index is -4.38. The van der Waals surface area contributed by atoms with E-state index < -0.39 is 81.0 Å². The van der Waals surface area contributed by atoms with Gasteiger partial charge in [-0.05, 0) is 56.4 Å². The number of pyridine rings is 1. The van der Waals surface area contributed by atoms with Crippen molar-refractivity contribution in [2.24, 2.45) is 17.8 Å². The SMILES string of the molecule is COc1cnc(OC2CC3C(=O)NC4(C(=O)NS(=O)(=O)C5(CF)CC5)CC4C=CCCC(C)CC(C)C(NC(=O)OC4COC4)C(=O)N3C2)c2ccccc12. The molecule has 15 nitrogen and oxygen atoms in total. The van der Waals surface area contributed by atoms with Gasteiger partial charge in [0, 0.05) is 23.1 Å². The number of carbonyl (C=O) groups is 4. The molecule has 3 N–H and O–H groups in total. The second-order valence-electron chi connectivity index (χ2n) is 15.7. The number of carbonyl (C=O) groups excluding carboxylic acids is 4. The summed E-state index contributed by atoms with van der Waals surface area (Å²) in [5, 5.41) is 6.99. The Bertz CT molecular complexity index is 1970. The lowest BCUT2D eigenvalue weighted by molar-refractivity contribution is -0.142. The molecule has 7 rings (SSSR count). The number of alkyl carbamates (subject to hydrolysis) is 1. The highest BCUT2D eigenvalue weighted by Gasteiger charge is 2.64. The van der Waals surface area contributed by atoms with Crippen molar-refractivity contribution in [3.63, 3.8) is 0 Å². The Morgan fingerprint density at radius 1 is 1.11 bits per heavy atom. The number of alkyl halides is 1. The Balaban J connectivity index is 1.21. The Morgan fingerprint density at radius 3 is 2.53 bits per heavy atom. The lowest BCUT2D eigenvalue weighted by Gasteiger charge is -2.33. The number of ether oxygens (including phenoxy) is 4. The monoisotopic (exact) mass is 785 g/mol. The van der Waals surface area contributed by atoms with Crippen LogP contribution >= 0.6 is 0 Å². The maximum atomic E-state index is 14.7. The lowest BCUT2D eigenvalue weighted by atomic mass is 9.88. The third kappa shape index (κ3) is 7.69. The second-order valence-corrected chi connectivity index (χ2v) is 17.8. The van der Waals surface area contributed by atoms with Crippen LogP contribution in [0.1, 0.15) is 58.8 Å². The van der Waals surface area contributed by atoms with Gasteiger partial charge in [0.25, 0.3) is 5.91 Å². The molecule has 2 saturated carbocycles. The van der Waals surface area contributed by atoms with E-state index in [2.05, 4.69) is 20.3 Å². The summed E-state index contributed by atoms with van der Waals surface area (Å²) < 4.78 is 63.1. The lowest BCUT2D eigenvalue weighted by Crippen LogP contribution is -2.59. The van der Waals surface area contributed by atoms with Gasteiger partial charge in [0.05, 0.1) is 33.1 Å². The first-order valence-electron chi connectivity index (χ1n) is 18.8. The predicted molar refractivity (Wildman–Crippen MR) is 196 cm³/mol. The van der Waals surface area contributed by atoms with Gasteiger partial charge in [-0.1, -0.05) is 44.2 Å². The Hall–Kier alpha value is -4.51. The third-order valence-corrected chi connectivity index (χ3v) is 13.8. The van der Waals surface area contributed by atoms with Gasteiger partial charge < -0.3 is 34.5 Å². The molecule has 2 aromatic rings. The number of benzene rings is 1. The molecule has 7 unspecified atom stereocenters. The van der Waals surface area contributed by atoms with Crippen molar-refractivity contribution < 1.29 is 50.9 Å². The standard InChI is InChI=1S/C38H48FN5O10S/c1-22-8-4-5-9-24-16-38(24,35(47)43-55(49,50)37(21-39)12-13-37)42-32(45)29-15-25(53-33-28-11-7-6-10-27(28)30(51-3)17-40-33)18-44(29)34(46)31(23(2)14-22)41-36(48)54-26-19-52-20-26/h5-7,9-11,17,22-26,29,31H,4,8,12-16,18-21H2,1-3H3,(H,41,48)(H,42,45)(H,43,47). The van der Waals surface area contributed by atoms with Crippen molar-refractivity contribution >= 4 is 44.6 Å². The van der Waals surface area contributed by atoms with Crippen molar-refractivity contribution in [1.82, 2.24) is 25.2 Å². The molecule has 0 spiro atoms. The van der Waals surface area contributed by atoms with Gasteiger partial charge in [0.15, 0.2) is 6.10 Å². The van der Waals surface area contributed by atoms with Crippen LogP contribution in [0.15, 0.2) is 42.6 Å². The molecule has 0 bridgehead atoms. The van der Waals surface area contributed by atoms with Gasteiger partial charge in [0.1, 0.15) is 40.9 Å². The number of fused-ring (bicyclic) bond motifs is 3. The molecule has 1 aromatic carbocycles. The van der Waals surface area contributed by atoms with Gasteiger partial charge in [-0.25, -0.2) is 22.6 Å². The van der Waals surface area contributed by atoms with Crippen LogP contribution in [-0.2, 0) is 33.9 Å².